The van der Waals surface area contributed by atoms with Crippen molar-refractivity contribution in [2.75, 3.05) is 19.7 Å². The Labute approximate surface area is 125 Å². The average molecular weight is 316 g/mol. The van der Waals surface area contributed by atoms with Gasteiger partial charge in [-0.2, -0.15) is 5.10 Å². The SMILES string of the molecule is NCCn1cc(S(=O)(=O)NCCOC2CCCCC2)cn1. The van der Waals surface area contributed by atoms with Crippen LogP contribution in [-0.4, -0.2) is 44.0 Å². The van der Waals surface area contributed by atoms with Crippen molar-refractivity contribution in [3.8, 4) is 0 Å². The Kier molecular flexibility index (Phi) is 6.16. The molecule has 1 aliphatic rings. The number of aromatic nitrogens is 2. The minimum absolute atomic E-state index is 0.161. The number of hydrogen-bond donors (Lipinski definition) is 2. The lowest BCUT2D eigenvalue weighted by Gasteiger charge is -2.21. The van der Waals surface area contributed by atoms with Gasteiger partial charge in [-0.3, -0.25) is 4.68 Å². The Morgan fingerprint density at radius 1 is 1.38 bits per heavy atom. The van der Waals surface area contributed by atoms with Crippen molar-refractivity contribution >= 4 is 10.0 Å². The van der Waals surface area contributed by atoms with Crippen LogP contribution in [0, 0.1) is 0 Å². The van der Waals surface area contributed by atoms with Gasteiger partial charge in [0.05, 0.1) is 25.5 Å². The molecule has 0 radical (unpaired) electrons. The number of sulfonamides is 1. The summed E-state index contributed by atoms with van der Waals surface area (Å²) in [4.78, 5) is 0.161. The van der Waals surface area contributed by atoms with Gasteiger partial charge < -0.3 is 10.5 Å². The predicted octanol–water partition coefficient (Wildman–Crippen LogP) is 0.469. The zero-order valence-corrected chi connectivity index (χ0v) is 13.0. The predicted molar refractivity (Wildman–Crippen MR) is 79.3 cm³/mol. The van der Waals surface area contributed by atoms with Gasteiger partial charge in [0, 0.05) is 19.3 Å². The highest BCUT2D eigenvalue weighted by Crippen LogP contribution is 2.19. The van der Waals surface area contributed by atoms with Crippen molar-refractivity contribution in [2.24, 2.45) is 5.73 Å². The molecule has 21 heavy (non-hydrogen) atoms. The van der Waals surface area contributed by atoms with Crippen LogP contribution in [0.25, 0.3) is 0 Å². The number of rotatable bonds is 8. The van der Waals surface area contributed by atoms with Crippen molar-refractivity contribution in [1.29, 1.82) is 0 Å². The van der Waals surface area contributed by atoms with E-state index >= 15 is 0 Å². The van der Waals surface area contributed by atoms with Crippen LogP contribution >= 0.6 is 0 Å². The number of ether oxygens (including phenoxy) is 1. The first kappa shape index (κ1) is 16.4. The fourth-order valence-electron chi connectivity index (χ4n) is 2.45. The highest BCUT2D eigenvalue weighted by Gasteiger charge is 2.17. The molecule has 0 amide bonds. The van der Waals surface area contributed by atoms with Gasteiger partial charge in [-0.15, -0.1) is 0 Å². The van der Waals surface area contributed by atoms with Crippen molar-refractivity contribution in [3.05, 3.63) is 12.4 Å². The van der Waals surface area contributed by atoms with E-state index in [0.29, 0.717) is 19.7 Å². The summed E-state index contributed by atoms with van der Waals surface area (Å²) >= 11 is 0. The molecule has 0 atom stereocenters. The number of nitrogens with zero attached hydrogens (tertiary/aromatic N) is 2. The summed E-state index contributed by atoms with van der Waals surface area (Å²) in [5, 5.41) is 3.96. The minimum Gasteiger partial charge on any atom is -0.377 e. The Hall–Kier alpha value is -0.960. The Morgan fingerprint density at radius 2 is 2.14 bits per heavy atom. The van der Waals surface area contributed by atoms with Crippen molar-refractivity contribution < 1.29 is 13.2 Å². The third-order valence-electron chi connectivity index (χ3n) is 3.58. The normalized spacial score (nSPS) is 17.2. The quantitative estimate of drug-likeness (QED) is 0.679. The molecular weight excluding hydrogens is 292 g/mol. The molecule has 8 heteroatoms. The molecule has 0 unspecified atom stereocenters. The van der Waals surface area contributed by atoms with E-state index in [4.69, 9.17) is 10.5 Å². The van der Waals surface area contributed by atoms with E-state index in [1.807, 2.05) is 0 Å². The average Bonchev–Trinajstić information content (AvgIpc) is 2.95. The molecule has 0 aliphatic heterocycles. The molecule has 0 bridgehead atoms. The van der Waals surface area contributed by atoms with Crippen LogP contribution in [-0.2, 0) is 21.3 Å². The third kappa shape index (κ3) is 5.06. The second-order valence-corrected chi connectivity index (χ2v) is 7.02. The topological polar surface area (TPSA) is 99.2 Å². The molecule has 1 aliphatic carbocycles. The summed E-state index contributed by atoms with van der Waals surface area (Å²) in [5.41, 5.74) is 5.41. The third-order valence-corrected chi connectivity index (χ3v) is 4.99. The van der Waals surface area contributed by atoms with E-state index in [1.54, 1.807) is 0 Å². The highest BCUT2D eigenvalue weighted by atomic mass is 32.2. The summed E-state index contributed by atoms with van der Waals surface area (Å²) in [7, 11) is -3.51. The van der Waals surface area contributed by atoms with Crippen LogP contribution < -0.4 is 10.5 Å². The maximum Gasteiger partial charge on any atom is 0.243 e. The molecule has 1 saturated carbocycles. The molecule has 0 saturated heterocycles. The molecule has 2 rings (SSSR count). The Morgan fingerprint density at radius 3 is 2.86 bits per heavy atom. The van der Waals surface area contributed by atoms with Crippen LogP contribution in [0.3, 0.4) is 0 Å². The zero-order valence-electron chi connectivity index (χ0n) is 12.2. The van der Waals surface area contributed by atoms with Crippen LogP contribution in [0.5, 0.6) is 0 Å². The lowest BCUT2D eigenvalue weighted by Crippen LogP contribution is -2.29. The number of hydrogen-bond acceptors (Lipinski definition) is 5. The lowest BCUT2D eigenvalue weighted by molar-refractivity contribution is 0.0321. The van der Waals surface area contributed by atoms with Gasteiger partial charge in [0.1, 0.15) is 4.90 Å². The van der Waals surface area contributed by atoms with Gasteiger partial charge in [-0.05, 0) is 12.8 Å². The molecule has 120 valence electrons. The summed E-state index contributed by atoms with van der Waals surface area (Å²) < 4.78 is 33.8. The molecule has 1 aromatic heterocycles. The number of nitrogens with two attached hydrogens (primary N) is 1. The first-order valence-electron chi connectivity index (χ1n) is 7.45. The Bertz CT molecular complexity index is 523. The van der Waals surface area contributed by atoms with E-state index in [-0.39, 0.29) is 17.5 Å². The highest BCUT2D eigenvalue weighted by molar-refractivity contribution is 7.89. The fraction of sp³-hybridized carbons (Fsp3) is 0.769. The summed E-state index contributed by atoms with van der Waals surface area (Å²) in [6.07, 6.45) is 8.96. The maximum atomic E-state index is 12.0. The second kappa shape index (κ2) is 7.88. The van der Waals surface area contributed by atoms with Crippen molar-refractivity contribution in [3.63, 3.8) is 0 Å². The zero-order chi connectivity index (χ0) is 15.1. The molecule has 1 fully saturated rings. The monoisotopic (exact) mass is 316 g/mol. The first-order valence-corrected chi connectivity index (χ1v) is 8.94. The molecule has 1 heterocycles. The van der Waals surface area contributed by atoms with E-state index in [9.17, 15) is 8.42 Å². The lowest BCUT2D eigenvalue weighted by atomic mass is 9.98. The molecular formula is C13H24N4O3S. The summed E-state index contributed by atoms with van der Waals surface area (Å²) in [5.74, 6) is 0. The van der Waals surface area contributed by atoms with Crippen molar-refractivity contribution in [2.45, 2.75) is 49.6 Å². The Balaban J connectivity index is 1.75. The standard InChI is InChI=1S/C13H24N4O3S/c14-6-8-17-11-13(10-15-17)21(18,19)16-7-9-20-12-4-2-1-3-5-12/h10-12,16H,1-9,14H2. The molecule has 7 nitrogen and oxygen atoms in total. The van der Waals surface area contributed by atoms with E-state index in [1.165, 1.54) is 36.3 Å². The van der Waals surface area contributed by atoms with Crippen molar-refractivity contribution in [1.82, 2.24) is 14.5 Å². The largest absolute Gasteiger partial charge is 0.377 e. The van der Waals surface area contributed by atoms with Gasteiger partial charge in [0.25, 0.3) is 0 Å². The first-order chi connectivity index (χ1) is 10.1. The van der Waals surface area contributed by atoms with Gasteiger partial charge in [-0.25, -0.2) is 13.1 Å². The molecule has 1 aromatic rings. The van der Waals surface area contributed by atoms with Gasteiger partial charge in [-0.1, -0.05) is 19.3 Å². The second-order valence-electron chi connectivity index (χ2n) is 5.26. The van der Waals surface area contributed by atoms with E-state index in [0.717, 1.165) is 12.8 Å². The van der Waals surface area contributed by atoms with Crippen LogP contribution in [0.4, 0.5) is 0 Å². The van der Waals surface area contributed by atoms with E-state index in [2.05, 4.69) is 9.82 Å². The van der Waals surface area contributed by atoms with Crippen LogP contribution in [0.2, 0.25) is 0 Å². The maximum absolute atomic E-state index is 12.0. The van der Waals surface area contributed by atoms with Gasteiger partial charge in [0.15, 0.2) is 0 Å². The molecule has 3 N–H and O–H groups in total. The van der Waals surface area contributed by atoms with Crippen LogP contribution in [0.1, 0.15) is 32.1 Å². The van der Waals surface area contributed by atoms with Gasteiger partial charge in [0.2, 0.25) is 10.0 Å². The summed E-state index contributed by atoms with van der Waals surface area (Å²) in [6.45, 7) is 1.60. The number of nitrogens with one attached hydrogen (secondary N) is 1. The minimum atomic E-state index is -3.51. The van der Waals surface area contributed by atoms with Crippen LogP contribution in [0.15, 0.2) is 17.3 Å². The van der Waals surface area contributed by atoms with Gasteiger partial charge >= 0.3 is 0 Å². The summed E-state index contributed by atoms with van der Waals surface area (Å²) in [6, 6.07) is 0. The molecule has 0 aromatic carbocycles. The fourth-order valence-corrected chi connectivity index (χ4v) is 3.42. The van der Waals surface area contributed by atoms with E-state index < -0.39 is 10.0 Å². The smallest absolute Gasteiger partial charge is 0.243 e. The molecule has 0 spiro atoms.